The molecule has 0 aromatic carbocycles. The van der Waals surface area contributed by atoms with E-state index < -0.39 is 47.2 Å². The molecule has 3 heterocycles. The highest BCUT2D eigenvalue weighted by Crippen LogP contribution is 2.40. The Kier molecular flexibility index (Phi) is 6.31. The van der Waals surface area contributed by atoms with Gasteiger partial charge in [0.1, 0.15) is 29.8 Å². The second-order valence-corrected chi connectivity index (χ2v) is 8.47. The van der Waals surface area contributed by atoms with E-state index in [1.165, 1.54) is 30.0 Å². The lowest BCUT2D eigenvalue weighted by Gasteiger charge is -2.49. The van der Waals surface area contributed by atoms with Crippen LogP contribution in [0.3, 0.4) is 0 Å². The van der Waals surface area contributed by atoms with Gasteiger partial charge in [-0.25, -0.2) is 9.59 Å². The second-order valence-electron chi connectivity index (χ2n) is 6.39. The van der Waals surface area contributed by atoms with E-state index in [0.717, 1.165) is 4.90 Å². The number of amides is 4. The van der Waals surface area contributed by atoms with Crippen molar-refractivity contribution in [1.29, 1.82) is 0 Å². The molecule has 11 nitrogen and oxygen atoms in total. The number of carbonyl (C=O) groups is 5. The molecule has 0 saturated carbocycles. The van der Waals surface area contributed by atoms with Crippen LogP contribution >= 0.6 is 23.1 Å². The van der Waals surface area contributed by atoms with Crippen LogP contribution in [0.1, 0.15) is 17.8 Å². The maximum atomic E-state index is 12.7. The van der Waals surface area contributed by atoms with Gasteiger partial charge in [0.25, 0.3) is 5.91 Å². The van der Waals surface area contributed by atoms with E-state index in [1.54, 1.807) is 17.5 Å². The summed E-state index contributed by atoms with van der Waals surface area (Å²) in [4.78, 5) is 61.0. The fourth-order valence-corrected chi connectivity index (χ4v) is 5.18. The van der Waals surface area contributed by atoms with Crippen LogP contribution in [0.2, 0.25) is 0 Å². The zero-order valence-electron chi connectivity index (χ0n) is 15.6. The van der Waals surface area contributed by atoms with Crippen molar-refractivity contribution in [2.45, 2.75) is 24.4 Å². The summed E-state index contributed by atoms with van der Waals surface area (Å²) in [6.45, 7) is 0.963. The van der Waals surface area contributed by atoms with Gasteiger partial charge in [-0.15, -0.1) is 23.1 Å². The van der Waals surface area contributed by atoms with Gasteiger partial charge in [-0.2, -0.15) is 0 Å². The fraction of sp³-hybridized carbons (Fsp3) is 0.353. The van der Waals surface area contributed by atoms with Crippen molar-refractivity contribution < 1.29 is 33.8 Å². The van der Waals surface area contributed by atoms with E-state index in [1.807, 2.05) is 0 Å². The molecule has 160 valence electrons. The second kappa shape index (κ2) is 8.75. The first-order chi connectivity index (χ1) is 14.2. The zero-order chi connectivity index (χ0) is 22.0. The fourth-order valence-electron chi connectivity index (χ4n) is 3.08. The first-order valence-electron chi connectivity index (χ1n) is 8.63. The smallest absolute Gasteiger partial charge is 0.352 e. The molecule has 1 saturated heterocycles. The Morgan fingerprint density at radius 3 is 2.70 bits per heavy atom. The minimum absolute atomic E-state index is 0.212. The van der Waals surface area contributed by atoms with Crippen molar-refractivity contribution in [1.82, 2.24) is 15.5 Å². The highest BCUT2D eigenvalue weighted by molar-refractivity contribution is 8.00. The molecule has 2 aliphatic heterocycles. The zero-order valence-corrected chi connectivity index (χ0v) is 17.2. The summed E-state index contributed by atoms with van der Waals surface area (Å²) in [6.07, 6.45) is 0. The average molecular weight is 454 g/mol. The number of carbonyl (C=O) groups excluding carboxylic acids is 4. The standard InChI is InChI=1S/C17H18N4O7S2/c1-7(22)28-5-8-6-30-15-11(14(24)21(15)12(8)16(25)26)19-13(23)10(20-17(18)27)9-3-2-4-29-9/h2-4,10-11,15H,5-6H2,1H3,(H,19,23)(H,25,26)(H3,18,20,27)/t10?,11-,15?/m1/s1. The van der Waals surface area contributed by atoms with Crippen LogP contribution in [-0.4, -0.2) is 63.6 Å². The molecule has 1 fully saturated rings. The quantitative estimate of drug-likeness (QED) is 0.323. The third-order valence-corrected chi connectivity index (χ3v) is 6.65. The summed E-state index contributed by atoms with van der Waals surface area (Å²) in [6, 6.07) is 0.395. The van der Waals surface area contributed by atoms with Crippen molar-refractivity contribution in [3.05, 3.63) is 33.7 Å². The summed E-state index contributed by atoms with van der Waals surface area (Å²) >= 11 is 2.47. The minimum Gasteiger partial charge on any atom is -0.477 e. The van der Waals surface area contributed by atoms with Crippen LogP contribution in [0.15, 0.2) is 28.8 Å². The molecule has 1 aromatic heterocycles. The number of hydrogen-bond donors (Lipinski definition) is 4. The summed E-state index contributed by atoms with van der Waals surface area (Å²) in [5, 5.41) is 15.5. The number of nitrogens with zero attached hydrogens (tertiary/aromatic N) is 1. The minimum atomic E-state index is -1.33. The Labute approximate surface area is 178 Å². The van der Waals surface area contributed by atoms with Gasteiger partial charge in [0.05, 0.1) is 0 Å². The van der Waals surface area contributed by atoms with Crippen molar-refractivity contribution in [3.8, 4) is 0 Å². The van der Waals surface area contributed by atoms with Crippen molar-refractivity contribution >= 4 is 52.9 Å². The van der Waals surface area contributed by atoms with Crippen LogP contribution in [0, 0.1) is 0 Å². The molecule has 4 amide bonds. The predicted molar refractivity (Wildman–Crippen MR) is 106 cm³/mol. The van der Waals surface area contributed by atoms with Gasteiger partial charge in [0, 0.05) is 23.1 Å². The molecule has 5 N–H and O–H groups in total. The predicted octanol–water partition coefficient (Wildman–Crippen LogP) is -0.241. The first kappa shape index (κ1) is 21.6. The first-order valence-corrected chi connectivity index (χ1v) is 10.6. The number of aliphatic carboxylic acids is 1. The third-order valence-electron chi connectivity index (χ3n) is 4.37. The Balaban J connectivity index is 1.75. The Hall–Kier alpha value is -3.06. The van der Waals surface area contributed by atoms with E-state index in [-0.39, 0.29) is 18.1 Å². The van der Waals surface area contributed by atoms with E-state index >= 15 is 0 Å². The molecule has 3 rings (SSSR count). The summed E-state index contributed by atoms with van der Waals surface area (Å²) in [7, 11) is 0. The number of esters is 1. The van der Waals surface area contributed by atoms with Gasteiger partial charge >= 0.3 is 18.0 Å². The van der Waals surface area contributed by atoms with Crippen LogP contribution < -0.4 is 16.4 Å². The highest BCUT2D eigenvalue weighted by Gasteiger charge is 2.54. The van der Waals surface area contributed by atoms with Crippen LogP contribution in [0.4, 0.5) is 4.79 Å². The van der Waals surface area contributed by atoms with Crippen molar-refractivity contribution in [2.24, 2.45) is 5.73 Å². The molecule has 0 bridgehead atoms. The summed E-state index contributed by atoms with van der Waals surface area (Å²) in [5.74, 6) is -2.93. The number of fused-ring (bicyclic) bond motifs is 1. The molecule has 30 heavy (non-hydrogen) atoms. The number of carboxylic acids is 1. The molecule has 0 radical (unpaired) electrons. The number of nitrogens with two attached hydrogens (primary N) is 1. The van der Waals surface area contributed by atoms with Gasteiger partial charge in [0.2, 0.25) is 5.91 Å². The number of carboxylic acid groups (broad SMARTS) is 1. The monoisotopic (exact) mass is 454 g/mol. The molecular formula is C17H18N4O7S2. The molecule has 2 unspecified atom stereocenters. The van der Waals surface area contributed by atoms with E-state index in [0.29, 0.717) is 10.5 Å². The summed E-state index contributed by atoms with van der Waals surface area (Å²) < 4.78 is 4.87. The van der Waals surface area contributed by atoms with Gasteiger partial charge in [0.15, 0.2) is 0 Å². The number of thioether (sulfide) groups is 1. The number of primary amides is 1. The lowest BCUT2D eigenvalue weighted by atomic mass is 10.0. The van der Waals surface area contributed by atoms with Crippen LogP contribution in [-0.2, 0) is 23.9 Å². The molecule has 2 aliphatic rings. The SMILES string of the molecule is CC(=O)OCC1=C(C(=O)O)N2C(=O)[C@@H](NC(=O)C(NC(N)=O)c3cccs3)C2SC1. The number of hydrogen-bond acceptors (Lipinski definition) is 8. The number of ether oxygens (including phenoxy) is 1. The molecule has 0 spiro atoms. The molecule has 3 atom stereocenters. The number of nitrogens with one attached hydrogen (secondary N) is 2. The number of thiophene rings is 1. The van der Waals surface area contributed by atoms with E-state index in [9.17, 15) is 29.1 Å². The maximum absolute atomic E-state index is 12.7. The lowest BCUT2D eigenvalue weighted by Crippen LogP contribution is -2.71. The number of β-lactam (4-membered cyclic amide) rings is 1. The molecular weight excluding hydrogens is 436 g/mol. The van der Waals surface area contributed by atoms with E-state index in [4.69, 9.17) is 10.5 Å². The largest absolute Gasteiger partial charge is 0.477 e. The van der Waals surface area contributed by atoms with Crippen LogP contribution in [0.25, 0.3) is 0 Å². The Morgan fingerprint density at radius 1 is 1.40 bits per heavy atom. The van der Waals surface area contributed by atoms with Gasteiger partial charge in [-0.1, -0.05) is 6.07 Å². The normalized spacial score (nSPS) is 21.2. The number of urea groups is 1. The van der Waals surface area contributed by atoms with Gasteiger partial charge in [-0.05, 0) is 11.4 Å². The highest BCUT2D eigenvalue weighted by atomic mass is 32.2. The average Bonchev–Trinajstić information content (AvgIpc) is 3.21. The Morgan fingerprint density at radius 2 is 2.13 bits per heavy atom. The summed E-state index contributed by atoms with van der Waals surface area (Å²) in [5.41, 5.74) is 5.20. The van der Waals surface area contributed by atoms with Crippen LogP contribution in [0.5, 0.6) is 0 Å². The Bertz CT molecular complexity index is 931. The molecule has 1 aromatic rings. The lowest BCUT2D eigenvalue weighted by molar-refractivity contribution is -0.151. The maximum Gasteiger partial charge on any atom is 0.352 e. The van der Waals surface area contributed by atoms with Gasteiger partial charge < -0.3 is 26.2 Å². The molecule has 0 aliphatic carbocycles. The topological polar surface area (TPSA) is 168 Å². The van der Waals surface area contributed by atoms with Gasteiger partial charge in [-0.3, -0.25) is 19.3 Å². The van der Waals surface area contributed by atoms with Crippen molar-refractivity contribution in [3.63, 3.8) is 0 Å². The van der Waals surface area contributed by atoms with Crippen molar-refractivity contribution in [2.75, 3.05) is 12.4 Å². The third kappa shape index (κ3) is 4.26. The van der Waals surface area contributed by atoms with E-state index in [2.05, 4.69) is 10.6 Å². The molecule has 13 heteroatoms. The number of rotatable bonds is 7.